The van der Waals surface area contributed by atoms with E-state index in [0.717, 1.165) is 28.3 Å². The second kappa shape index (κ2) is 7.65. The highest BCUT2D eigenvalue weighted by Gasteiger charge is 2.32. The number of carbonyl (C=O) groups is 1. The van der Waals surface area contributed by atoms with Crippen LogP contribution in [-0.2, 0) is 13.1 Å². The number of amides is 1. The number of rotatable bonds is 4. The highest BCUT2D eigenvalue weighted by Crippen LogP contribution is 2.32. The molecule has 0 atom stereocenters. The quantitative estimate of drug-likeness (QED) is 0.335. The van der Waals surface area contributed by atoms with E-state index >= 15 is 0 Å². The van der Waals surface area contributed by atoms with E-state index < -0.39 is 4.92 Å². The molecule has 0 spiro atoms. The lowest BCUT2D eigenvalue weighted by Gasteiger charge is -2.17. The van der Waals surface area contributed by atoms with Gasteiger partial charge in [-0.15, -0.1) is 0 Å². The minimum Gasteiger partial charge on any atom is -0.328 e. The highest BCUT2D eigenvalue weighted by molar-refractivity contribution is 6.32. The third kappa shape index (κ3) is 3.34. The smallest absolute Gasteiger partial charge is 0.288 e. The van der Waals surface area contributed by atoms with Gasteiger partial charge in [0.25, 0.3) is 11.6 Å². The molecular formula is C23H18ClN5O3. The summed E-state index contributed by atoms with van der Waals surface area (Å²) in [5.41, 5.74) is 3.77. The molecular weight excluding hydrogens is 430 g/mol. The molecule has 0 saturated carbocycles. The Balaban J connectivity index is 1.51. The minimum atomic E-state index is -0.589. The molecule has 0 unspecified atom stereocenters. The van der Waals surface area contributed by atoms with Crippen LogP contribution in [0.15, 0.2) is 67.0 Å². The molecule has 4 aromatic rings. The Kier molecular flexibility index (Phi) is 4.79. The number of aryl methyl sites for hydroxylation is 1. The van der Waals surface area contributed by atoms with Gasteiger partial charge >= 0.3 is 0 Å². The molecule has 3 heterocycles. The van der Waals surface area contributed by atoms with Crippen LogP contribution in [0.25, 0.3) is 11.5 Å². The number of halogens is 1. The van der Waals surface area contributed by atoms with Gasteiger partial charge in [-0.2, -0.15) is 5.10 Å². The molecule has 0 aliphatic carbocycles. The van der Waals surface area contributed by atoms with Crippen LogP contribution >= 0.6 is 11.6 Å². The predicted octanol–water partition coefficient (Wildman–Crippen LogP) is 4.69. The van der Waals surface area contributed by atoms with E-state index in [9.17, 15) is 14.9 Å². The van der Waals surface area contributed by atoms with Crippen LogP contribution in [0, 0.1) is 17.0 Å². The van der Waals surface area contributed by atoms with Gasteiger partial charge in [0.05, 0.1) is 29.4 Å². The summed E-state index contributed by atoms with van der Waals surface area (Å²) in [7, 11) is 0. The van der Waals surface area contributed by atoms with Crippen molar-refractivity contribution in [3.05, 3.63) is 105 Å². The average Bonchev–Trinajstić information content (AvgIpc) is 3.50. The Morgan fingerprint density at radius 2 is 1.81 bits per heavy atom. The van der Waals surface area contributed by atoms with Gasteiger partial charge in [-0.25, -0.2) is 4.68 Å². The van der Waals surface area contributed by atoms with Crippen LogP contribution in [-0.4, -0.2) is 30.1 Å². The van der Waals surface area contributed by atoms with Crippen molar-refractivity contribution < 1.29 is 9.72 Å². The van der Waals surface area contributed by atoms with Crippen molar-refractivity contribution in [3.8, 4) is 11.5 Å². The first-order valence-electron chi connectivity index (χ1n) is 9.97. The molecule has 2 aromatic heterocycles. The van der Waals surface area contributed by atoms with Crippen LogP contribution in [0.1, 0.15) is 27.2 Å². The predicted molar refractivity (Wildman–Crippen MR) is 119 cm³/mol. The number of aromatic nitrogens is 3. The van der Waals surface area contributed by atoms with Gasteiger partial charge in [-0.3, -0.25) is 14.9 Å². The normalized spacial score (nSPS) is 12.8. The zero-order valence-electron chi connectivity index (χ0n) is 17.1. The second-order valence-corrected chi connectivity index (χ2v) is 8.08. The highest BCUT2D eigenvalue weighted by atomic mass is 35.5. The largest absolute Gasteiger partial charge is 0.328 e. The summed E-state index contributed by atoms with van der Waals surface area (Å²) in [5, 5.41) is 16.0. The Labute approximate surface area is 188 Å². The van der Waals surface area contributed by atoms with Crippen molar-refractivity contribution in [3.63, 3.8) is 0 Å². The summed E-state index contributed by atoms with van der Waals surface area (Å²) < 4.78 is 3.87. The average molecular weight is 448 g/mol. The fourth-order valence-corrected chi connectivity index (χ4v) is 4.11. The van der Waals surface area contributed by atoms with Crippen molar-refractivity contribution in [1.82, 2.24) is 19.2 Å². The molecule has 0 radical (unpaired) electrons. The molecule has 1 amide bonds. The van der Waals surface area contributed by atoms with Gasteiger partial charge in [-0.1, -0.05) is 29.3 Å². The van der Waals surface area contributed by atoms with Gasteiger partial charge in [0.2, 0.25) is 0 Å². The molecule has 9 heteroatoms. The van der Waals surface area contributed by atoms with Crippen molar-refractivity contribution in [2.45, 2.75) is 20.0 Å². The Morgan fingerprint density at radius 1 is 1.09 bits per heavy atom. The van der Waals surface area contributed by atoms with Crippen LogP contribution in [0.5, 0.6) is 0 Å². The zero-order chi connectivity index (χ0) is 22.4. The third-order valence-corrected chi connectivity index (χ3v) is 5.85. The van der Waals surface area contributed by atoms with Crippen LogP contribution in [0.2, 0.25) is 5.02 Å². The summed E-state index contributed by atoms with van der Waals surface area (Å²) in [6.07, 6.45) is 3.88. The number of benzene rings is 2. The van der Waals surface area contributed by atoms with Crippen molar-refractivity contribution in [2.24, 2.45) is 0 Å². The van der Waals surface area contributed by atoms with E-state index in [0.29, 0.717) is 13.1 Å². The van der Waals surface area contributed by atoms with Crippen LogP contribution < -0.4 is 0 Å². The standard InChI is InChI=1S/C23H18ClN5O3/c1-15-4-7-17(8-5-15)28-22(26-10-2-3-11-26)18-13-27(14-20(18)25-28)23(30)16-6-9-19(24)21(12-16)29(31)32/h2-12H,13-14H2,1H3. The summed E-state index contributed by atoms with van der Waals surface area (Å²) in [6.45, 7) is 2.70. The lowest BCUT2D eigenvalue weighted by atomic mass is 10.1. The molecule has 0 saturated heterocycles. The van der Waals surface area contributed by atoms with Gasteiger partial charge in [0.15, 0.2) is 0 Å². The fraction of sp³-hybridized carbons (Fsp3) is 0.130. The topological polar surface area (TPSA) is 86.2 Å². The molecule has 32 heavy (non-hydrogen) atoms. The zero-order valence-corrected chi connectivity index (χ0v) is 17.9. The van der Waals surface area contributed by atoms with E-state index in [2.05, 4.69) is 0 Å². The summed E-state index contributed by atoms with van der Waals surface area (Å²) in [4.78, 5) is 25.4. The first-order valence-corrected chi connectivity index (χ1v) is 10.3. The van der Waals surface area contributed by atoms with Crippen molar-refractivity contribution in [1.29, 1.82) is 0 Å². The number of fused-ring (bicyclic) bond motifs is 1. The summed E-state index contributed by atoms with van der Waals surface area (Å²) in [5.74, 6) is 0.564. The molecule has 160 valence electrons. The fourth-order valence-electron chi connectivity index (χ4n) is 3.92. The number of nitrogens with zero attached hydrogens (tertiary/aromatic N) is 5. The maximum atomic E-state index is 13.1. The molecule has 2 aromatic carbocycles. The van der Waals surface area contributed by atoms with E-state index in [-0.39, 0.29) is 22.2 Å². The Bertz CT molecular complexity index is 1340. The number of nitro groups is 1. The van der Waals surface area contributed by atoms with Gasteiger partial charge < -0.3 is 9.47 Å². The van der Waals surface area contributed by atoms with Crippen molar-refractivity contribution in [2.75, 3.05) is 0 Å². The number of carbonyl (C=O) groups excluding carboxylic acids is 1. The molecule has 8 nitrogen and oxygen atoms in total. The molecule has 0 N–H and O–H groups in total. The second-order valence-electron chi connectivity index (χ2n) is 7.67. The Hall–Kier alpha value is -3.91. The minimum absolute atomic E-state index is 0.000517. The van der Waals surface area contributed by atoms with E-state index in [1.165, 1.54) is 18.2 Å². The summed E-state index contributed by atoms with van der Waals surface area (Å²) in [6, 6.07) is 16.1. The Morgan fingerprint density at radius 3 is 2.50 bits per heavy atom. The maximum absolute atomic E-state index is 13.1. The lowest BCUT2D eigenvalue weighted by Crippen LogP contribution is -2.26. The third-order valence-electron chi connectivity index (χ3n) is 5.53. The molecule has 1 aliphatic heterocycles. The van der Waals surface area contributed by atoms with E-state index in [1.54, 1.807) is 4.90 Å². The number of nitro benzene ring substituents is 1. The summed E-state index contributed by atoms with van der Waals surface area (Å²) >= 11 is 5.89. The van der Waals surface area contributed by atoms with Gasteiger partial charge in [0, 0.05) is 29.6 Å². The molecule has 0 fully saturated rings. The molecule has 0 bridgehead atoms. The SMILES string of the molecule is Cc1ccc(-n2nc3c(c2-n2cccc2)CN(C(=O)c2ccc(Cl)c([N+](=O)[O-])c2)C3)cc1. The number of hydrogen-bond acceptors (Lipinski definition) is 4. The number of hydrogen-bond donors (Lipinski definition) is 0. The van der Waals surface area contributed by atoms with Crippen molar-refractivity contribution >= 4 is 23.2 Å². The first kappa shape index (κ1) is 20.0. The van der Waals surface area contributed by atoms with Gasteiger partial charge in [0.1, 0.15) is 10.8 Å². The first-order chi connectivity index (χ1) is 15.4. The van der Waals surface area contributed by atoms with Crippen LogP contribution in [0.3, 0.4) is 0 Å². The monoisotopic (exact) mass is 447 g/mol. The van der Waals surface area contributed by atoms with Crippen LogP contribution in [0.4, 0.5) is 5.69 Å². The lowest BCUT2D eigenvalue weighted by molar-refractivity contribution is -0.384. The maximum Gasteiger partial charge on any atom is 0.288 e. The van der Waals surface area contributed by atoms with Gasteiger partial charge in [-0.05, 0) is 43.3 Å². The molecule has 1 aliphatic rings. The van der Waals surface area contributed by atoms with E-state index in [1.807, 2.05) is 65.0 Å². The van der Waals surface area contributed by atoms with E-state index in [4.69, 9.17) is 16.7 Å². The molecule has 5 rings (SSSR count).